The maximum absolute atomic E-state index is 13.5. The van der Waals surface area contributed by atoms with Gasteiger partial charge in [-0.05, 0) is 85.0 Å². The topological polar surface area (TPSA) is 34.1 Å². The van der Waals surface area contributed by atoms with Crippen LogP contribution in [0.4, 0.5) is 0 Å². The van der Waals surface area contributed by atoms with Gasteiger partial charge < -0.3 is 4.48 Å². The first kappa shape index (κ1) is 46.8. The first-order chi connectivity index (χ1) is 23.5. The first-order valence-corrected chi connectivity index (χ1v) is 21.7. The molecule has 0 saturated carbocycles. The fraction of sp³-hybridized carbons (Fsp3) is 0.867. The maximum Gasteiger partial charge on any atom is 0.142 e. The van der Waals surface area contributed by atoms with Crippen LogP contribution in [0.2, 0.25) is 0 Å². The van der Waals surface area contributed by atoms with Gasteiger partial charge in [-0.15, -0.1) is 0 Å². The monoisotopic (exact) mass is 673 g/mol. The minimum absolute atomic E-state index is 0.0998. The van der Waals surface area contributed by atoms with Crippen LogP contribution in [0, 0.1) is 5.92 Å². The van der Waals surface area contributed by atoms with Gasteiger partial charge in [0.05, 0.1) is 32.1 Å². The Bertz CT molecular complexity index is 757. The number of unbranched alkanes of at least 4 members (excludes halogenated alkanes) is 22. The molecule has 0 fully saturated rings. The summed E-state index contributed by atoms with van der Waals surface area (Å²) in [6.07, 6.45) is 44.4. The highest BCUT2D eigenvalue weighted by atomic mass is 16.1. The van der Waals surface area contributed by atoms with Crippen molar-refractivity contribution in [3.05, 3.63) is 24.3 Å². The molecule has 0 aromatic carbocycles. The quantitative estimate of drug-likeness (QED) is 0.0372. The lowest BCUT2D eigenvalue weighted by atomic mass is 9.90. The lowest BCUT2D eigenvalue weighted by Gasteiger charge is -2.38. The van der Waals surface area contributed by atoms with Crippen LogP contribution in [0.1, 0.15) is 221 Å². The molecule has 0 saturated heterocycles. The van der Waals surface area contributed by atoms with Crippen LogP contribution in [0.5, 0.6) is 0 Å². The molecule has 282 valence electrons. The number of Topliss-reactive ketones (excluding diaryl/α,β-unsaturated/α-hetero) is 2. The van der Waals surface area contributed by atoms with Crippen LogP contribution in [-0.2, 0) is 9.59 Å². The summed E-state index contributed by atoms with van der Waals surface area (Å²) in [4.78, 5) is 26.6. The van der Waals surface area contributed by atoms with Crippen molar-refractivity contribution in [3.63, 3.8) is 0 Å². The van der Waals surface area contributed by atoms with Gasteiger partial charge in [-0.25, -0.2) is 0 Å². The highest BCUT2D eigenvalue weighted by Gasteiger charge is 2.31. The second-order valence-electron chi connectivity index (χ2n) is 15.0. The van der Waals surface area contributed by atoms with Crippen molar-refractivity contribution in [1.29, 1.82) is 0 Å². The zero-order valence-corrected chi connectivity index (χ0v) is 33.5. The average molecular weight is 673 g/mol. The molecule has 0 bridgehead atoms. The van der Waals surface area contributed by atoms with E-state index < -0.39 is 0 Å². The zero-order valence-electron chi connectivity index (χ0n) is 33.5. The van der Waals surface area contributed by atoms with Gasteiger partial charge >= 0.3 is 0 Å². The number of nitrogens with zero attached hydrogens (tertiary/aromatic N) is 1. The number of hydrogen-bond donors (Lipinski definition) is 0. The molecule has 48 heavy (non-hydrogen) atoms. The summed E-state index contributed by atoms with van der Waals surface area (Å²) in [5, 5.41) is 0. The van der Waals surface area contributed by atoms with E-state index in [1.807, 2.05) is 0 Å². The number of carbonyl (C=O) groups is 2. The molecule has 1 unspecified atom stereocenters. The molecule has 0 radical (unpaired) electrons. The zero-order chi connectivity index (χ0) is 35.4. The van der Waals surface area contributed by atoms with Crippen LogP contribution in [-0.4, -0.2) is 42.2 Å². The van der Waals surface area contributed by atoms with Gasteiger partial charge in [-0.3, -0.25) is 9.59 Å². The Hall–Kier alpha value is -1.22. The third-order valence-corrected chi connectivity index (χ3v) is 11.0. The minimum atomic E-state index is -0.0998. The Labute approximate surface area is 302 Å². The molecule has 0 aliphatic heterocycles. The fourth-order valence-corrected chi connectivity index (χ4v) is 7.15. The van der Waals surface area contributed by atoms with E-state index in [1.54, 1.807) is 0 Å². The van der Waals surface area contributed by atoms with Gasteiger partial charge in [0.25, 0.3) is 0 Å². The number of rotatable bonds is 38. The standard InChI is InChI=1S/C45H86NO2/c1-6-11-13-15-17-19-21-23-25-27-29-31-33-35-37-39-44(47)41-43(42-46(8-3,9-4)10-5)45(48)40-38-36-34-32-30-28-26-24-22-20-18-16-14-12-7-2/h23-26,43H,6-22,27-42H2,1-5H3/q+1/b25-23-,26-24-. The summed E-state index contributed by atoms with van der Waals surface area (Å²) in [5.41, 5.74) is 0. The summed E-state index contributed by atoms with van der Waals surface area (Å²) < 4.78 is 0.948. The lowest BCUT2D eigenvalue weighted by Crippen LogP contribution is -2.52. The molecule has 0 aromatic rings. The van der Waals surface area contributed by atoms with E-state index in [0.29, 0.717) is 30.8 Å². The molecule has 0 amide bonds. The predicted octanol–water partition coefficient (Wildman–Crippen LogP) is 14.1. The van der Waals surface area contributed by atoms with E-state index in [9.17, 15) is 9.59 Å². The van der Waals surface area contributed by atoms with Crippen molar-refractivity contribution in [2.24, 2.45) is 5.92 Å². The molecule has 0 aromatic heterocycles. The van der Waals surface area contributed by atoms with Crippen molar-refractivity contribution in [2.45, 2.75) is 221 Å². The third-order valence-electron chi connectivity index (χ3n) is 11.0. The second kappa shape index (κ2) is 35.6. The SMILES string of the molecule is CCCCCCCC/C=C\CCCCCCCC(=O)CC(C[N+](CC)(CC)CC)C(=O)CCCCCCC/C=C\CCCCCCCC. The van der Waals surface area contributed by atoms with Crippen molar-refractivity contribution in [3.8, 4) is 0 Å². The summed E-state index contributed by atoms with van der Waals surface area (Å²) in [6.45, 7) is 15.2. The van der Waals surface area contributed by atoms with Gasteiger partial charge in [0.15, 0.2) is 0 Å². The molecular formula is C45H86NO2+. The average Bonchev–Trinajstić information content (AvgIpc) is 3.10. The Morgan fingerprint density at radius 1 is 0.438 bits per heavy atom. The van der Waals surface area contributed by atoms with Crippen molar-refractivity contribution in [1.82, 2.24) is 0 Å². The van der Waals surface area contributed by atoms with Crippen LogP contribution in [0.15, 0.2) is 24.3 Å². The molecule has 0 aliphatic carbocycles. The molecule has 0 heterocycles. The summed E-state index contributed by atoms with van der Waals surface area (Å²) in [7, 11) is 0. The molecule has 0 spiro atoms. The summed E-state index contributed by atoms with van der Waals surface area (Å²) >= 11 is 0. The summed E-state index contributed by atoms with van der Waals surface area (Å²) in [6, 6.07) is 0. The van der Waals surface area contributed by atoms with Gasteiger partial charge in [0.2, 0.25) is 0 Å². The number of hydrogen-bond acceptors (Lipinski definition) is 2. The number of allylic oxidation sites excluding steroid dienone is 4. The molecule has 0 aliphatic rings. The molecule has 0 N–H and O–H groups in total. The van der Waals surface area contributed by atoms with Gasteiger partial charge in [0, 0.05) is 19.3 Å². The van der Waals surface area contributed by atoms with Crippen molar-refractivity contribution in [2.75, 3.05) is 26.2 Å². The van der Waals surface area contributed by atoms with Crippen LogP contribution in [0.3, 0.4) is 0 Å². The van der Waals surface area contributed by atoms with E-state index in [-0.39, 0.29) is 5.92 Å². The molecule has 0 rings (SSSR count). The summed E-state index contributed by atoms with van der Waals surface area (Å²) in [5.74, 6) is 0.567. The highest BCUT2D eigenvalue weighted by Crippen LogP contribution is 2.21. The van der Waals surface area contributed by atoms with Gasteiger partial charge in [-0.2, -0.15) is 0 Å². The second-order valence-corrected chi connectivity index (χ2v) is 15.0. The maximum atomic E-state index is 13.5. The first-order valence-electron chi connectivity index (χ1n) is 21.7. The number of carbonyl (C=O) groups excluding carboxylic acids is 2. The van der Waals surface area contributed by atoms with E-state index in [2.05, 4.69) is 58.9 Å². The lowest BCUT2D eigenvalue weighted by molar-refractivity contribution is -0.925. The Morgan fingerprint density at radius 3 is 1.15 bits per heavy atom. The third kappa shape index (κ3) is 28.6. The number of quaternary nitrogens is 1. The molecule has 3 heteroatoms. The molecular weight excluding hydrogens is 587 g/mol. The molecule has 3 nitrogen and oxygen atoms in total. The highest BCUT2D eigenvalue weighted by molar-refractivity contribution is 5.88. The van der Waals surface area contributed by atoms with Gasteiger partial charge in [0.1, 0.15) is 11.6 Å². The Morgan fingerprint density at radius 2 is 0.771 bits per heavy atom. The molecule has 1 atom stereocenters. The Balaban J connectivity index is 4.25. The van der Waals surface area contributed by atoms with E-state index >= 15 is 0 Å². The normalized spacial score (nSPS) is 12.9. The van der Waals surface area contributed by atoms with Crippen molar-refractivity contribution >= 4 is 11.6 Å². The van der Waals surface area contributed by atoms with Crippen molar-refractivity contribution < 1.29 is 14.1 Å². The predicted molar refractivity (Wildman–Crippen MR) is 214 cm³/mol. The van der Waals surface area contributed by atoms with Crippen LogP contribution < -0.4 is 0 Å². The van der Waals surface area contributed by atoms with Gasteiger partial charge in [-0.1, -0.05) is 141 Å². The Kier molecular flexibility index (Phi) is 34.7. The van der Waals surface area contributed by atoms with E-state index in [0.717, 1.165) is 56.3 Å². The number of ketones is 2. The van der Waals surface area contributed by atoms with Crippen LogP contribution in [0.25, 0.3) is 0 Å². The minimum Gasteiger partial charge on any atom is -0.324 e. The van der Waals surface area contributed by atoms with E-state index in [4.69, 9.17) is 0 Å². The smallest absolute Gasteiger partial charge is 0.142 e. The largest absolute Gasteiger partial charge is 0.324 e. The van der Waals surface area contributed by atoms with E-state index in [1.165, 1.54) is 141 Å². The fourth-order valence-electron chi connectivity index (χ4n) is 7.15. The van der Waals surface area contributed by atoms with Crippen LogP contribution >= 0.6 is 0 Å².